The summed E-state index contributed by atoms with van der Waals surface area (Å²) in [5.74, 6) is -0.582. The van der Waals surface area contributed by atoms with Crippen molar-refractivity contribution in [3.63, 3.8) is 0 Å². The van der Waals surface area contributed by atoms with Crippen LogP contribution >= 0.6 is 0 Å². The predicted octanol–water partition coefficient (Wildman–Crippen LogP) is 1.66. The first-order valence-electron chi connectivity index (χ1n) is 3.54. The van der Waals surface area contributed by atoms with Crippen LogP contribution in [0, 0.1) is 5.95 Å². The van der Waals surface area contributed by atoms with Gasteiger partial charge in [0.25, 0.3) is 0 Å². The lowest BCUT2D eigenvalue weighted by molar-refractivity contribution is 0.168. The van der Waals surface area contributed by atoms with Crippen molar-refractivity contribution in [3.8, 4) is 0 Å². The average molecular weight is 155 g/mol. The highest BCUT2D eigenvalue weighted by molar-refractivity contribution is 5.13. The normalized spacial score (nSPS) is 13.0. The number of pyridine rings is 1. The zero-order valence-corrected chi connectivity index (χ0v) is 6.29. The molecule has 0 aliphatic rings. The second-order valence-electron chi connectivity index (χ2n) is 2.31. The minimum atomic E-state index is -0.733. The van der Waals surface area contributed by atoms with Gasteiger partial charge in [-0.2, -0.15) is 4.39 Å². The van der Waals surface area contributed by atoms with Crippen LogP contribution in [0.15, 0.2) is 18.3 Å². The molecule has 0 bridgehead atoms. The zero-order chi connectivity index (χ0) is 8.27. The quantitative estimate of drug-likeness (QED) is 0.659. The van der Waals surface area contributed by atoms with E-state index >= 15 is 0 Å². The van der Waals surface area contributed by atoms with Gasteiger partial charge in [-0.1, -0.05) is 13.0 Å². The predicted molar refractivity (Wildman–Crippen MR) is 39.4 cm³/mol. The van der Waals surface area contributed by atoms with Crippen LogP contribution < -0.4 is 0 Å². The maximum Gasteiger partial charge on any atom is 0.218 e. The number of aliphatic hydroxyl groups is 1. The minimum Gasteiger partial charge on any atom is -0.388 e. The molecule has 0 aliphatic carbocycles. The Balaban J connectivity index is 2.93. The van der Waals surface area contributed by atoms with Crippen LogP contribution in [0.1, 0.15) is 25.0 Å². The summed E-state index contributed by atoms with van der Waals surface area (Å²) in [5, 5.41) is 9.23. The van der Waals surface area contributed by atoms with Crippen molar-refractivity contribution in [2.45, 2.75) is 19.4 Å². The number of aromatic nitrogens is 1. The van der Waals surface area contributed by atoms with E-state index in [1.807, 2.05) is 0 Å². The van der Waals surface area contributed by atoms with E-state index in [-0.39, 0.29) is 5.56 Å². The van der Waals surface area contributed by atoms with Gasteiger partial charge in [-0.25, -0.2) is 4.98 Å². The monoisotopic (exact) mass is 155 g/mol. The second-order valence-corrected chi connectivity index (χ2v) is 2.31. The Hall–Kier alpha value is -0.960. The van der Waals surface area contributed by atoms with Gasteiger partial charge in [0.05, 0.1) is 6.10 Å². The molecule has 0 radical (unpaired) electrons. The molecule has 2 nitrogen and oxygen atoms in total. The third kappa shape index (κ3) is 1.74. The van der Waals surface area contributed by atoms with Crippen molar-refractivity contribution in [3.05, 3.63) is 29.8 Å². The van der Waals surface area contributed by atoms with Crippen LogP contribution in [0.3, 0.4) is 0 Å². The molecule has 1 N–H and O–H groups in total. The number of hydrogen-bond donors (Lipinski definition) is 1. The van der Waals surface area contributed by atoms with Gasteiger partial charge in [0.1, 0.15) is 0 Å². The van der Waals surface area contributed by atoms with Crippen molar-refractivity contribution in [2.75, 3.05) is 0 Å². The summed E-state index contributed by atoms with van der Waals surface area (Å²) in [4.78, 5) is 3.42. The Morgan fingerprint density at radius 3 is 3.00 bits per heavy atom. The molecule has 1 rings (SSSR count). The fraction of sp³-hybridized carbons (Fsp3) is 0.375. The largest absolute Gasteiger partial charge is 0.388 e. The van der Waals surface area contributed by atoms with Crippen molar-refractivity contribution >= 4 is 0 Å². The van der Waals surface area contributed by atoms with Gasteiger partial charge in [0.15, 0.2) is 0 Å². The van der Waals surface area contributed by atoms with E-state index in [0.29, 0.717) is 6.42 Å². The molecule has 60 valence electrons. The molecule has 0 saturated carbocycles. The van der Waals surface area contributed by atoms with Crippen LogP contribution in [-0.2, 0) is 0 Å². The van der Waals surface area contributed by atoms with Gasteiger partial charge in [-0.05, 0) is 12.5 Å². The van der Waals surface area contributed by atoms with Gasteiger partial charge in [-0.15, -0.1) is 0 Å². The standard InChI is InChI=1S/C8H10FNO/c1-2-7(11)6-4-3-5-10-8(6)9/h3-5,7,11H,2H2,1H3. The Bertz CT molecular complexity index is 239. The van der Waals surface area contributed by atoms with Gasteiger partial charge >= 0.3 is 0 Å². The zero-order valence-electron chi connectivity index (χ0n) is 6.29. The summed E-state index contributed by atoms with van der Waals surface area (Å²) in [6, 6.07) is 3.15. The summed E-state index contributed by atoms with van der Waals surface area (Å²) in [7, 11) is 0. The van der Waals surface area contributed by atoms with Crippen molar-refractivity contribution in [1.82, 2.24) is 4.98 Å². The molecule has 0 saturated heterocycles. The number of halogens is 1. The topological polar surface area (TPSA) is 33.1 Å². The van der Waals surface area contributed by atoms with Crippen molar-refractivity contribution in [2.24, 2.45) is 0 Å². The summed E-state index contributed by atoms with van der Waals surface area (Å²) in [5.41, 5.74) is 0.273. The van der Waals surface area contributed by atoms with E-state index in [0.717, 1.165) is 0 Å². The molecule has 0 amide bonds. The summed E-state index contributed by atoms with van der Waals surface area (Å²) >= 11 is 0. The first-order chi connectivity index (χ1) is 5.25. The Morgan fingerprint density at radius 2 is 2.45 bits per heavy atom. The van der Waals surface area contributed by atoms with E-state index in [1.165, 1.54) is 12.3 Å². The summed E-state index contributed by atoms with van der Waals surface area (Å²) < 4.78 is 12.8. The Morgan fingerprint density at radius 1 is 1.73 bits per heavy atom. The molecule has 1 heterocycles. The van der Waals surface area contributed by atoms with E-state index < -0.39 is 12.1 Å². The first-order valence-corrected chi connectivity index (χ1v) is 3.54. The Kier molecular flexibility index (Phi) is 2.54. The molecule has 0 aliphatic heterocycles. The molecular formula is C8H10FNO. The van der Waals surface area contributed by atoms with Crippen LogP contribution in [0.5, 0.6) is 0 Å². The molecule has 1 aromatic heterocycles. The van der Waals surface area contributed by atoms with Gasteiger partial charge in [0, 0.05) is 11.8 Å². The van der Waals surface area contributed by atoms with E-state index in [4.69, 9.17) is 0 Å². The minimum absolute atomic E-state index is 0.273. The number of nitrogens with zero attached hydrogens (tertiary/aromatic N) is 1. The molecule has 11 heavy (non-hydrogen) atoms. The highest BCUT2D eigenvalue weighted by atomic mass is 19.1. The lowest BCUT2D eigenvalue weighted by atomic mass is 10.1. The van der Waals surface area contributed by atoms with Gasteiger partial charge < -0.3 is 5.11 Å². The molecular weight excluding hydrogens is 145 g/mol. The molecule has 0 aromatic carbocycles. The highest BCUT2D eigenvalue weighted by Crippen LogP contribution is 2.16. The smallest absolute Gasteiger partial charge is 0.218 e. The lowest BCUT2D eigenvalue weighted by Crippen LogP contribution is -1.99. The molecule has 1 aromatic rings. The molecule has 1 atom stereocenters. The lowest BCUT2D eigenvalue weighted by Gasteiger charge is -2.06. The third-order valence-electron chi connectivity index (χ3n) is 1.53. The Labute approximate surface area is 64.7 Å². The maximum absolute atomic E-state index is 12.8. The van der Waals surface area contributed by atoms with Crippen LogP contribution in [0.4, 0.5) is 4.39 Å². The van der Waals surface area contributed by atoms with Gasteiger partial charge in [0.2, 0.25) is 5.95 Å². The maximum atomic E-state index is 12.8. The molecule has 0 spiro atoms. The van der Waals surface area contributed by atoms with E-state index in [2.05, 4.69) is 4.98 Å². The van der Waals surface area contributed by atoms with Crippen LogP contribution in [0.25, 0.3) is 0 Å². The summed E-state index contributed by atoms with van der Waals surface area (Å²) in [6.45, 7) is 1.79. The number of rotatable bonds is 2. The number of hydrogen-bond acceptors (Lipinski definition) is 2. The summed E-state index contributed by atoms with van der Waals surface area (Å²) in [6.07, 6.45) is 1.13. The SMILES string of the molecule is CCC(O)c1cccnc1F. The van der Waals surface area contributed by atoms with Crippen LogP contribution in [0.2, 0.25) is 0 Å². The van der Waals surface area contributed by atoms with Crippen molar-refractivity contribution < 1.29 is 9.50 Å². The molecule has 0 fully saturated rings. The first kappa shape index (κ1) is 8.14. The third-order valence-corrected chi connectivity index (χ3v) is 1.53. The number of aliphatic hydroxyl groups excluding tert-OH is 1. The van der Waals surface area contributed by atoms with E-state index in [1.54, 1.807) is 13.0 Å². The van der Waals surface area contributed by atoms with E-state index in [9.17, 15) is 9.50 Å². The average Bonchev–Trinajstić information content (AvgIpc) is 2.04. The van der Waals surface area contributed by atoms with Crippen LogP contribution in [-0.4, -0.2) is 10.1 Å². The fourth-order valence-corrected chi connectivity index (χ4v) is 0.867. The molecule has 1 unspecified atom stereocenters. The highest BCUT2D eigenvalue weighted by Gasteiger charge is 2.09. The fourth-order valence-electron chi connectivity index (χ4n) is 0.867. The van der Waals surface area contributed by atoms with Crippen molar-refractivity contribution in [1.29, 1.82) is 0 Å². The van der Waals surface area contributed by atoms with Gasteiger partial charge in [-0.3, -0.25) is 0 Å². The molecule has 3 heteroatoms. The second kappa shape index (κ2) is 3.44.